The van der Waals surface area contributed by atoms with Gasteiger partial charge in [0, 0.05) is 22.1 Å². The van der Waals surface area contributed by atoms with Crippen molar-refractivity contribution >= 4 is 28.4 Å². The van der Waals surface area contributed by atoms with Gasteiger partial charge in [-0.05, 0) is 27.0 Å². The van der Waals surface area contributed by atoms with Gasteiger partial charge in [0.2, 0.25) is 0 Å². The van der Waals surface area contributed by atoms with Crippen LogP contribution in [0.5, 0.6) is 0 Å². The Kier molecular flexibility index (Phi) is 3.76. The van der Waals surface area contributed by atoms with E-state index in [1.54, 1.807) is 0 Å². The lowest BCUT2D eigenvalue weighted by Crippen LogP contribution is -2.26. The van der Waals surface area contributed by atoms with Gasteiger partial charge in [-0.1, -0.05) is 24.3 Å². The summed E-state index contributed by atoms with van der Waals surface area (Å²) in [4.78, 5) is 0. The molecule has 0 aliphatic carbocycles. The van der Waals surface area contributed by atoms with Crippen LogP contribution in [0.3, 0.4) is 0 Å². The van der Waals surface area contributed by atoms with Gasteiger partial charge in [-0.3, -0.25) is 0 Å². The number of benzene rings is 1. The van der Waals surface area contributed by atoms with E-state index in [4.69, 9.17) is 0 Å². The summed E-state index contributed by atoms with van der Waals surface area (Å²) < 4.78 is 0.188. The molecule has 0 aliphatic heterocycles. The molecule has 18 heavy (non-hydrogen) atoms. The van der Waals surface area contributed by atoms with E-state index in [1.807, 2.05) is 30.8 Å². The maximum absolute atomic E-state index is 4.27. The predicted molar refractivity (Wildman–Crippen MR) is 80.4 cm³/mol. The van der Waals surface area contributed by atoms with E-state index in [1.165, 1.54) is 0 Å². The van der Waals surface area contributed by atoms with E-state index in [9.17, 15) is 0 Å². The van der Waals surface area contributed by atoms with Crippen LogP contribution in [0, 0.1) is 6.92 Å². The van der Waals surface area contributed by atoms with Crippen molar-refractivity contribution in [1.82, 2.24) is 10.2 Å². The Bertz CT molecular complexity index is 552. The lowest BCUT2D eigenvalue weighted by molar-refractivity contribution is 0.748. The zero-order chi connectivity index (χ0) is 13.2. The average Bonchev–Trinajstić information content (AvgIpc) is 2.38. The summed E-state index contributed by atoms with van der Waals surface area (Å²) in [6.07, 6.45) is 2.13. The number of rotatable bonds is 4. The molecule has 0 fully saturated rings. The van der Waals surface area contributed by atoms with Crippen molar-refractivity contribution in [2.75, 3.05) is 18.1 Å². The van der Waals surface area contributed by atoms with E-state index in [-0.39, 0.29) is 4.75 Å². The normalized spacial score (nSPS) is 11.8. The minimum absolute atomic E-state index is 0.188. The number of nitrogens with zero attached hydrogens (tertiary/aromatic N) is 2. The standard InChI is InChI=1S/C14H19N3S/c1-10-11-7-5-6-8-12(11)13(17-16-10)15-9-14(2,3)18-4/h5-8H,9H2,1-4H3,(H,15,17). The van der Waals surface area contributed by atoms with Gasteiger partial charge in [0.05, 0.1) is 5.69 Å². The maximum atomic E-state index is 4.27. The van der Waals surface area contributed by atoms with Crippen LogP contribution >= 0.6 is 11.8 Å². The highest BCUT2D eigenvalue weighted by molar-refractivity contribution is 7.99. The summed E-state index contributed by atoms with van der Waals surface area (Å²) in [5, 5.41) is 14.2. The number of hydrogen-bond acceptors (Lipinski definition) is 4. The number of anilines is 1. The third-order valence-corrected chi connectivity index (χ3v) is 4.36. The molecule has 0 radical (unpaired) electrons. The largest absolute Gasteiger partial charge is 0.367 e. The minimum atomic E-state index is 0.188. The number of aromatic nitrogens is 2. The van der Waals surface area contributed by atoms with Crippen LogP contribution in [0.1, 0.15) is 19.5 Å². The second kappa shape index (κ2) is 5.14. The van der Waals surface area contributed by atoms with Gasteiger partial charge in [-0.25, -0.2) is 0 Å². The molecule has 4 heteroatoms. The quantitative estimate of drug-likeness (QED) is 0.914. The van der Waals surface area contributed by atoms with E-state index in [2.05, 4.69) is 47.8 Å². The van der Waals surface area contributed by atoms with Crippen LogP contribution in [0.4, 0.5) is 5.82 Å². The molecule has 0 unspecified atom stereocenters. The van der Waals surface area contributed by atoms with Crippen molar-refractivity contribution in [1.29, 1.82) is 0 Å². The molecular weight excluding hydrogens is 242 g/mol. The molecule has 96 valence electrons. The average molecular weight is 261 g/mol. The molecule has 0 bridgehead atoms. The summed E-state index contributed by atoms with van der Waals surface area (Å²) in [7, 11) is 0. The molecular formula is C14H19N3S. The number of fused-ring (bicyclic) bond motifs is 1. The van der Waals surface area contributed by atoms with Crippen LogP contribution in [0.2, 0.25) is 0 Å². The van der Waals surface area contributed by atoms with Crippen molar-refractivity contribution in [3.8, 4) is 0 Å². The molecule has 0 saturated carbocycles. The van der Waals surface area contributed by atoms with Crippen LogP contribution in [-0.2, 0) is 0 Å². The Morgan fingerprint density at radius 2 is 1.83 bits per heavy atom. The summed E-state index contributed by atoms with van der Waals surface area (Å²) in [6.45, 7) is 7.30. The molecule has 3 nitrogen and oxygen atoms in total. The number of thioether (sulfide) groups is 1. The van der Waals surface area contributed by atoms with Crippen molar-refractivity contribution in [3.05, 3.63) is 30.0 Å². The Labute approximate surface area is 112 Å². The molecule has 0 atom stereocenters. The van der Waals surface area contributed by atoms with E-state index >= 15 is 0 Å². The van der Waals surface area contributed by atoms with Gasteiger partial charge in [0.25, 0.3) is 0 Å². The van der Waals surface area contributed by atoms with Crippen LogP contribution in [-0.4, -0.2) is 27.7 Å². The molecule has 1 aromatic carbocycles. The molecule has 0 saturated heterocycles. The van der Waals surface area contributed by atoms with Crippen molar-refractivity contribution in [2.24, 2.45) is 0 Å². The zero-order valence-corrected chi connectivity index (χ0v) is 12.1. The van der Waals surface area contributed by atoms with E-state index in [0.717, 1.165) is 28.8 Å². The van der Waals surface area contributed by atoms with Gasteiger partial charge in [-0.15, -0.1) is 5.10 Å². The first-order valence-electron chi connectivity index (χ1n) is 6.04. The fourth-order valence-corrected chi connectivity index (χ4v) is 1.95. The van der Waals surface area contributed by atoms with Crippen LogP contribution < -0.4 is 5.32 Å². The van der Waals surface area contributed by atoms with Crippen molar-refractivity contribution in [3.63, 3.8) is 0 Å². The third-order valence-electron chi connectivity index (χ3n) is 3.11. The van der Waals surface area contributed by atoms with Gasteiger partial charge in [-0.2, -0.15) is 16.9 Å². The van der Waals surface area contributed by atoms with Crippen molar-refractivity contribution in [2.45, 2.75) is 25.5 Å². The Morgan fingerprint density at radius 1 is 1.17 bits per heavy atom. The monoisotopic (exact) mass is 261 g/mol. The fourth-order valence-electron chi connectivity index (χ4n) is 1.74. The highest BCUT2D eigenvalue weighted by Gasteiger charge is 2.16. The smallest absolute Gasteiger partial charge is 0.156 e. The Morgan fingerprint density at radius 3 is 2.50 bits per heavy atom. The molecule has 2 rings (SSSR count). The van der Waals surface area contributed by atoms with Gasteiger partial charge in [0.15, 0.2) is 5.82 Å². The first-order valence-corrected chi connectivity index (χ1v) is 7.27. The maximum Gasteiger partial charge on any atom is 0.156 e. The minimum Gasteiger partial charge on any atom is -0.367 e. The van der Waals surface area contributed by atoms with Crippen molar-refractivity contribution < 1.29 is 0 Å². The summed E-state index contributed by atoms with van der Waals surface area (Å²) in [5.41, 5.74) is 0.972. The fraction of sp³-hybridized carbons (Fsp3) is 0.429. The lowest BCUT2D eigenvalue weighted by Gasteiger charge is -2.22. The molecule has 0 spiro atoms. The topological polar surface area (TPSA) is 37.8 Å². The first kappa shape index (κ1) is 13.1. The molecule has 1 N–H and O–H groups in total. The summed E-state index contributed by atoms with van der Waals surface area (Å²) in [6, 6.07) is 8.25. The Balaban J connectivity index is 2.32. The number of hydrogen-bond donors (Lipinski definition) is 1. The number of aryl methyl sites for hydroxylation is 1. The molecule has 0 aliphatic rings. The van der Waals surface area contributed by atoms with Gasteiger partial charge in [0.1, 0.15) is 0 Å². The van der Waals surface area contributed by atoms with E-state index in [0.29, 0.717) is 0 Å². The highest BCUT2D eigenvalue weighted by atomic mass is 32.2. The molecule has 1 aromatic heterocycles. The lowest BCUT2D eigenvalue weighted by atomic mass is 10.1. The van der Waals surface area contributed by atoms with Gasteiger partial charge < -0.3 is 5.32 Å². The summed E-state index contributed by atoms with van der Waals surface area (Å²) in [5.74, 6) is 0.873. The van der Waals surface area contributed by atoms with Gasteiger partial charge >= 0.3 is 0 Å². The molecule has 0 amide bonds. The second-order valence-corrected chi connectivity index (χ2v) is 6.51. The SMILES string of the molecule is CSC(C)(C)CNc1nnc(C)c2ccccc12. The molecule has 2 aromatic rings. The number of nitrogens with one attached hydrogen (secondary N) is 1. The van der Waals surface area contributed by atoms with Crippen LogP contribution in [0.15, 0.2) is 24.3 Å². The molecule has 1 heterocycles. The highest BCUT2D eigenvalue weighted by Crippen LogP contribution is 2.25. The zero-order valence-electron chi connectivity index (χ0n) is 11.3. The third kappa shape index (κ3) is 2.75. The summed E-state index contributed by atoms with van der Waals surface area (Å²) >= 11 is 1.84. The second-order valence-electron chi connectivity index (χ2n) is 5.00. The predicted octanol–water partition coefficient (Wildman–Crippen LogP) is 3.49. The Hall–Kier alpha value is -1.29. The van der Waals surface area contributed by atoms with Crippen LogP contribution in [0.25, 0.3) is 10.8 Å². The van der Waals surface area contributed by atoms with E-state index < -0.39 is 0 Å². The first-order chi connectivity index (χ1) is 8.53.